The molecule has 11 heteroatoms. The number of aryl methyl sites for hydroxylation is 1. The van der Waals surface area contributed by atoms with Crippen molar-refractivity contribution in [2.45, 2.75) is 43.0 Å². The quantitative estimate of drug-likeness (QED) is 0.439. The van der Waals surface area contributed by atoms with E-state index in [0.717, 1.165) is 46.1 Å². The van der Waals surface area contributed by atoms with Gasteiger partial charge < -0.3 is 14.5 Å². The molecule has 0 spiro atoms. The first-order valence-electron chi connectivity index (χ1n) is 14.0. The van der Waals surface area contributed by atoms with Crippen molar-refractivity contribution in [2.75, 3.05) is 50.0 Å². The Bertz CT molecular complexity index is 1640. The number of thioether (sulfide) groups is 1. The molecule has 3 saturated heterocycles. The minimum Gasteiger partial charge on any atom is -0.375 e. The standard InChI is InChI=1S/C30H31F2N5O3S/c1-3-25(38)34-6-8-35(9-7-34)29-23-10-17(2)26(22-5-4-18(31)11-24(22)32)28-27(23)37(30(39)33-29)13-20(16-41-28)36-14-21-12-19(36)15-40-21/h3-5,10-11,19-21H,1,6-9,12-16H2,2H3/t19-,20?,21-/m0/s1. The van der Waals surface area contributed by atoms with Crippen LogP contribution in [0, 0.1) is 18.6 Å². The zero-order valence-electron chi connectivity index (χ0n) is 22.8. The molecule has 0 N–H and O–H groups in total. The van der Waals surface area contributed by atoms with E-state index in [1.807, 2.05) is 13.0 Å². The van der Waals surface area contributed by atoms with E-state index in [1.54, 1.807) is 21.2 Å². The molecule has 1 amide bonds. The molecule has 0 saturated carbocycles. The Kier molecular flexibility index (Phi) is 6.63. The van der Waals surface area contributed by atoms with Crippen LogP contribution in [0.5, 0.6) is 0 Å². The lowest BCUT2D eigenvalue weighted by Gasteiger charge is -2.36. The first-order valence-corrected chi connectivity index (χ1v) is 15.0. The summed E-state index contributed by atoms with van der Waals surface area (Å²) in [5.41, 5.74) is 2.21. The van der Waals surface area contributed by atoms with Crippen LogP contribution in [-0.2, 0) is 16.1 Å². The number of fused-ring (bicyclic) bond motifs is 2. The summed E-state index contributed by atoms with van der Waals surface area (Å²) >= 11 is 1.63. The number of carbonyl (C=O) groups excluding carboxylic acids is 1. The number of likely N-dealkylation sites (tertiary alicyclic amines) is 1. The van der Waals surface area contributed by atoms with Crippen LogP contribution in [0.1, 0.15) is 12.0 Å². The lowest BCUT2D eigenvalue weighted by atomic mass is 9.97. The largest absolute Gasteiger partial charge is 0.375 e. The molecule has 2 bridgehead atoms. The number of carbonyl (C=O) groups is 1. The Balaban J connectivity index is 1.38. The lowest BCUT2D eigenvalue weighted by molar-refractivity contribution is -0.126. The van der Waals surface area contributed by atoms with Crippen LogP contribution >= 0.6 is 11.8 Å². The second-order valence-electron chi connectivity index (χ2n) is 11.3. The summed E-state index contributed by atoms with van der Waals surface area (Å²) in [7, 11) is 0. The molecule has 1 aromatic heterocycles. The number of hydrogen-bond donors (Lipinski definition) is 0. The van der Waals surface area contributed by atoms with Crippen molar-refractivity contribution in [1.82, 2.24) is 19.4 Å². The van der Waals surface area contributed by atoms with Crippen molar-refractivity contribution in [3.63, 3.8) is 0 Å². The second-order valence-corrected chi connectivity index (χ2v) is 12.3. The van der Waals surface area contributed by atoms with Gasteiger partial charge in [0, 0.05) is 84.6 Å². The van der Waals surface area contributed by atoms with Gasteiger partial charge in [-0.1, -0.05) is 6.58 Å². The summed E-state index contributed by atoms with van der Waals surface area (Å²) in [6.07, 6.45) is 2.55. The van der Waals surface area contributed by atoms with E-state index < -0.39 is 11.6 Å². The molecule has 4 aliphatic heterocycles. The maximum absolute atomic E-state index is 15.3. The number of piperazine rings is 1. The van der Waals surface area contributed by atoms with Crippen LogP contribution in [0.2, 0.25) is 0 Å². The van der Waals surface area contributed by atoms with E-state index in [0.29, 0.717) is 62.3 Å². The zero-order valence-corrected chi connectivity index (χ0v) is 23.6. The molecule has 0 radical (unpaired) electrons. The minimum absolute atomic E-state index is 0.0829. The minimum atomic E-state index is -0.634. The maximum atomic E-state index is 15.3. The van der Waals surface area contributed by atoms with Gasteiger partial charge in [-0.25, -0.2) is 13.6 Å². The van der Waals surface area contributed by atoms with Crippen LogP contribution in [-0.4, -0.2) is 88.5 Å². The fourth-order valence-electron chi connectivity index (χ4n) is 6.89. The van der Waals surface area contributed by atoms with Crippen molar-refractivity contribution >= 4 is 34.4 Å². The fourth-order valence-corrected chi connectivity index (χ4v) is 8.32. The Labute approximate surface area is 240 Å². The summed E-state index contributed by atoms with van der Waals surface area (Å²) in [6, 6.07) is 6.05. The van der Waals surface area contributed by atoms with Crippen molar-refractivity contribution in [1.29, 1.82) is 0 Å². The third kappa shape index (κ3) is 4.45. The van der Waals surface area contributed by atoms with Gasteiger partial charge in [-0.05, 0) is 43.2 Å². The summed E-state index contributed by atoms with van der Waals surface area (Å²) in [5, 5.41) is 0.825. The van der Waals surface area contributed by atoms with E-state index in [4.69, 9.17) is 4.74 Å². The number of anilines is 1. The van der Waals surface area contributed by atoms with E-state index in [9.17, 15) is 14.0 Å². The van der Waals surface area contributed by atoms with E-state index in [2.05, 4.69) is 21.4 Å². The van der Waals surface area contributed by atoms with Gasteiger partial charge in [0.15, 0.2) is 0 Å². The monoisotopic (exact) mass is 579 g/mol. The number of ether oxygens (including phenoxy) is 1. The van der Waals surface area contributed by atoms with Crippen LogP contribution in [0.15, 0.2) is 46.6 Å². The molecule has 41 heavy (non-hydrogen) atoms. The van der Waals surface area contributed by atoms with Crippen molar-refractivity contribution in [2.24, 2.45) is 0 Å². The number of halogens is 2. The number of morpholine rings is 1. The normalized spacial score (nSPS) is 24.2. The number of amides is 1. The molecule has 2 aromatic carbocycles. The molecule has 3 atom stereocenters. The highest BCUT2D eigenvalue weighted by Crippen LogP contribution is 2.45. The molecule has 3 aromatic rings. The SMILES string of the molecule is C=CC(=O)N1CCN(c2nc(=O)n3c4c(c(-c5ccc(F)cc5F)c(C)cc24)SCC(N2C[C@@H]4C[C@H]2CO4)C3)CC1. The Morgan fingerprint density at radius 3 is 2.63 bits per heavy atom. The summed E-state index contributed by atoms with van der Waals surface area (Å²) in [5.74, 6) is -0.0834. The predicted octanol–water partition coefficient (Wildman–Crippen LogP) is 3.43. The van der Waals surface area contributed by atoms with Gasteiger partial charge in [-0.15, -0.1) is 11.8 Å². The smallest absolute Gasteiger partial charge is 0.350 e. The first-order chi connectivity index (χ1) is 19.8. The maximum Gasteiger partial charge on any atom is 0.350 e. The highest BCUT2D eigenvalue weighted by molar-refractivity contribution is 7.99. The third-order valence-corrected chi connectivity index (χ3v) is 10.1. The van der Waals surface area contributed by atoms with Crippen molar-refractivity contribution in [3.05, 3.63) is 64.6 Å². The van der Waals surface area contributed by atoms with Gasteiger partial charge >= 0.3 is 5.69 Å². The van der Waals surface area contributed by atoms with Gasteiger partial charge in [0.05, 0.1) is 18.2 Å². The topological polar surface area (TPSA) is 70.9 Å². The number of nitrogens with zero attached hydrogens (tertiary/aromatic N) is 5. The third-order valence-electron chi connectivity index (χ3n) is 8.89. The number of hydrogen-bond acceptors (Lipinski definition) is 7. The predicted molar refractivity (Wildman–Crippen MR) is 154 cm³/mol. The molecule has 214 valence electrons. The lowest BCUT2D eigenvalue weighted by Crippen LogP contribution is -2.49. The van der Waals surface area contributed by atoms with Crippen LogP contribution in [0.25, 0.3) is 22.0 Å². The van der Waals surface area contributed by atoms with Gasteiger partial charge in [-0.2, -0.15) is 4.98 Å². The number of benzene rings is 2. The summed E-state index contributed by atoms with van der Waals surface area (Å²) in [6.45, 7) is 9.58. The summed E-state index contributed by atoms with van der Waals surface area (Å²) < 4.78 is 36.8. The van der Waals surface area contributed by atoms with Crippen LogP contribution in [0.4, 0.5) is 14.6 Å². The van der Waals surface area contributed by atoms with Gasteiger partial charge in [0.25, 0.3) is 0 Å². The van der Waals surface area contributed by atoms with Gasteiger partial charge in [0.1, 0.15) is 17.5 Å². The molecule has 8 nitrogen and oxygen atoms in total. The highest BCUT2D eigenvalue weighted by atomic mass is 32.2. The highest BCUT2D eigenvalue weighted by Gasteiger charge is 2.43. The van der Waals surface area contributed by atoms with E-state index >= 15 is 4.39 Å². The number of aromatic nitrogens is 2. The average Bonchev–Trinajstić information content (AvgIpc) is 3.54. The van der Waals surface area contributed by atoms with Crippen molar-refractivity contribution in [3.8, 4) is 11.1 Å². The zero-order chi connectivity index (χ0) is 28.4. The van der Waals surface area contributed by atoms with Crippen molar-refractivity contribution < 1.29 is 18.3 Å². The van der Waals surface area contributed by atoms with E-state index in [1.165, 1.54) is 18.2 Å². The average molecular weight is 580 g/mol. The first kappa shape index (κ1) is 26.6. The van der Waals surface area contributed by atoms with E-state index in [-0.39, 0.29) is 23.7 Å². The summed E-state index contributed by atoms with van der Waals surface area (Å²) in [4.78, 5) is 37.7. The number of rotatable bonds is 4. The second kappa shape index (κ2) is 10.2. The fraction of sp³-hybridized carbons (Fsp3) is 0.433. The molecular weight excluding hydrogens is 548 g/mol. The molecule has 1 unspecified atom stereocenters. The molecule has 3 fully saturated rings. The molecule has 4 aliphatic rings. The Hall–Kier alpha value is -3.28. The Morgan fingerprint density at radius 1 is 1.15 bits per heavy atom. The van der Waals surface area contributed by atoms with Crippen LogP contribution in [0.3, 0.4) is 0 Å². The van der Waals surface area contributed by atoms with Gasteiger partial charge in [-0.3, -0.25) is 14.3 Å². The van der Waals surface area contributed by atoms with Crippen LogP contribution < -0.4 is 10.6 Å². The molecule has 7 rings (SSSR count). The molecule has 5 heterocycles. The molecular formula is C30H31F2N5O3S. The Morgan fingerprint density at radius 2 is 1.95 bits per heavy atom. The molecule has 0 aliphatic carbocycles. The van der Waals surface area contributed by atoms with Gasteiger partial charge in [0.2, 0.25) is 5.91 Å².